The van der Waals surface area contributed by atoms with Crippen molar-refractivity contribution in [1.82, 2.24) is 4.90 Å². The summed E-state index contributed by atoms with van der Waals surface area (Å²) < 4.78 is 19.4. The van der Waals surface area contributed by atoms with Crippen molar-refractivity contribution in [3.63, 3.8) is 0 Å². The fourth-order valence-corrected chi connectivity index (χ4v) is 3.56. The molecule has 0 aliphatic carbocycles. The van der Waals surface area contributed by atoms with Crippen LogP contribution >= 0.6 is 11.3 Å². The van der Waals surface area contributed by atoms with Gasteiger partial charge in [-0.3, -0.25) is 4.90 Å². The number of β-amino-alcohol motifs (C(OH)–C–C–N with tert-alkyl or cyclic N) is 1. The molecule has 1 aromatic carbocycles. The van der Waals surface area contributed by atoms with Crippen LogP contribution in [0.4, 0.5) is 10.1 Å². The number of benzene rings is 1. The molecule has 1 aliphatic rings. The lowest BCUT2D eigenvalue weighted by atomic mass is 10.2. The molecule has 2 heterocycles. The Morgan fingerprint density at radius 3 is 2.62 bits per heavy atom. The third kappa shape index (κ3) is 4.77. The molecule has 24 heavy (non-hydrogen) atoms. The minimum absolute atomic E-state index is 0.173. The molecule has 1 atom stereocenters. The number of hydrogen-bond donors (Lipinski definition) is 1. The van der Waals surface area contributed by atoms with E-state index in [2.05, 4.69) is 9.80 Å². The molecule has 0 amide bonds. The highest BCUT2D eigenvalue weighted by molar-refractivity contribution is 7.09. The maximum atomic E-state index is 13.8. The number of halogens is 1. The molecule has 130 valence electrons. The van der Waals surface area contributed by atoms with Crippen LogP contribution < -0.4 is 4.90 Å². The predicted octanol–water partition coefficient (Wildman–Crippen LogP) is 2.59. The lowest BCUT2D eigenvalue weighted by molar-refractivity contribution is 0.00990. The van der Waals surface area contributed by atoms with Gasteiger partial charge in [-0.2, -0.15) is 0 Å². The molecular weight excluding hydrogens is 327 g/mol. The van der Waals surface area contributed by atoms with E-state index in [0.717, 1.165) is 26.2 Å². The second kappa shape index (κ2) is 8.58. The Hall–Kier alpha value is -1.47. The number of aliphatic hydroxyl groups excluding tert-OH is 1. The van der Waals surface area contributed by atoms with Gasteiger partial charge in [-0.05, 0) is 23.6 Å². The summed E-state index contributed by atoms with van der Waals surface area (Å²) in [6, 6.07) is 10.9. The molecule has 0 radical (unpaired) electrons. The van der Waals surface area contributed by atoms with Gasteiger partial charge in [-0.25, -0.2) is 4.39 Å². The number of hydrogen-bond acceptors (Lipinski definition) is 5. The Kier molecular flexibility index (Phi) is 6.20. The van der Waals surface area contributed by atoms with E-state index in [4.69, 9.17) is 4.74 Å². The number of rotatable bonds is 7. The molecular formula is C18H23FN2O2S. The molecule has 3 rings (SSSR count). The summed E-state index contributed by atoms with van der Waals surface area (Å²) in [6.45, 7) is 4.65. The topological polar surface area (TPSA) is 35.9 Å². The van der Waals surface area contributed by atoms with Crippen LogP contribution in [0, 0.1) is 5.82 Å². The van der Waals surface area contributed by atoms with Gasteiger partial charge in [-0.15, -0.1) is 11.3 Å². The summed E-state index contributed by atoms with van der Waals surface area (Å²) in [5.41, 5.74) is 0.664. The number of thiophene rings is 1. The highest BCUT2D eigenvalue weighted by Crippen LogP contribution is 2.20. The predicted molar refractivity (Wildman–Crippen MR) is 95.0 cm³/mol. The number of nitrogens with zero attached hydrogens (tertiary/aromatic N) is 2. The van der Waals surface area contributed by atoms with Gasteiger partial charge in [0.2, 0.25) is 0 Å². The van der Waals surface area contributed by atoms with Crippen LogP contribution in [0.5, 0.6) is 0 Å². The minimum atomic E-state index is -0.495. The largest absolute Gasteiger partial charge is 0.389 e. The Morgan fingerprint density at radius 2 is 1.92 bits per heavy atom. The SMILES string of the molecule is OC(COCc1cccs1)CN1CCN(c2ccccc2F)CC1. The van der Waals surface area contributed by atoms with Crippen molar-refractivity contribution in [1.29, 1.82) is 0 Å². The normalized spacial score (nSPS) is 17.2. The summed E-state index contributed by atoms with van der Waals surface area (Å²) in [5, 5.41) is 12.1. The maximum Gasteiger partial charge on any atom is 0.146 e. The van der Waals surface area contributed by atoms with Crippen LogP contribution in [-0.4, -0.2) is 55.4 Å². The van der Waals surface area contributed by atoms with E-state index in [1.807, 2.05) is 29.6 Å². The van der Waals surface area contributed by atoms with E-state index in [9.17, 15) is 9.50 Å². The van der Waals surface area contributed by atoms with Crippen LogP contribution in [0.15, 0.2) is 41.8 Å². The molecule has 1 fully saturated rings. The Labute approximate surface area is 146 Å². The minimum Gasteiger partial charge on any atom is -0.389 e. The van der Waals surface area contributed by atoms with Crippen molar-refractivity contribution >= 4 is 17.0 Å². The lowest BCUT2D eigenvalue weighted by Crippen LogP contribution is -2.49. The molecule has 1 aliphatic heterocycles. The van der Waals surface area contributed by atoms with Crippen LogP contribution in [0.3, 0.4) is 0 Å². The van der Waals surface area contributed by atoms with E-state index in [1.54, 1.807) is 17.4 Å². The average Bonchev–Trinajstić information content (AvgIpc) is 3.10. The van der Waals surface area contributed by atoms with Gasteiger partial charge in [0.05, 0.1) is 25.0 Å². The molecule has 2 aromatic rings. The molecule has 1 unspecified atom stereocenters. The van der Waals surface area contributed by atoms with Crippen molar-refractivity contribution in [2.75, 3.05) is 44.2 Å². The molecule has 4 nitrogen and oxygen atoms in total. The van der Waals surface area contributed by atoms with Crippen LogP contribution in [-0.2, 0) is 11.3 Å². The fraction of sp³-hybridized carbons (Fsp3) is 0.444. The number of aliphatic hydroxyl groups is 1. The molecule has 1 N–H and O–H groups in total. The lowest BCUT2D eigenvalue weighted by Gasteiger charge is -2.36. The molecule has 0 bridgehead atoms. The number of anilines is 1. The van der Waals surface area contributed by atoms with Gasteiger partial charge < -0.3 is 14.7 Å². The van der Waals surface area contributed by atoms with Gasteiger partial charge in [0, 0.05) is 37.6 Å². The summed E-state index contributed by atoms with van der Waals surface area (Å²) in [4.78, 5) is 5.43. The quantitative estimate of drug-likeness (QED) is 0.833. The van der Waals surface area contributed by atoms with Crippen molar-refractivity contribution in [3.05, 3.63) is 52.5 Å². The van der Waals surface area contributed by atoms with Gasteiger partial charge >= 0.3 is 0 Å². The summed E-state index contributed by atoms with van der Waals surface area (Å²) in [5.74, 6) is -0.173. The summed E-state index contributed by atoms with van der Waals surface area (Å²) >= 11 is 1.66. The van der Waals surface area contributed by atoms with Crippen molar-refractivity contribution in [3.8, 4) is 0 Å². The van der Waals surface area contributed by atoms with Crippen LogP contribution in [0.25, 0.3) is 0 Å². The van der Waals surface area contributed by atoms with Crippen molar-refractivity contribution in [2.24, 2.45) is 0 Å². The molecule has 0 saturated carbocycles. The Morgan fingerprint density at radius 1 is 1.12 bits per heavy atom. The zero-order valence-corrected chi connectivity index (χ0v) is 14.4. The van der Waals surface area contributed by atoms with Crippen LogP contribution in [0.1, 0.15) is 4.88 Å². The monoisotopic (exact) mass is 350 g/mol. The standard InChI is InChI=1S/C18H23FN2O2S/c19-17-5-1-2-6-18(17)21-9-7-20(8-10-21)12-15(22)13-23-14-16-4-3-11-24-16/h1-6,11,15,22H,7-10,12-14H2. The first kappa shape index (κ1) is 17.4. The van der Waals surface area contributed by atoms with Crippen LogP contribution in [0.2, 0.25) is 0 Å². The first-order valence-corrected chi connectivity index (χ1v) is 9.10. The smallest absolute Gasteiger partial charge is 0.146 e. The van der Waals surface area contributed by atoms with E-state index >= 15 is 0 Å². The average molecular weight is 350 g/mol. The van der Waals surface area contributed by atoms with E-state index in [1.165, 1.54) is 10.9 Å². The highest BCUT2D eigenvalue weighted by Gasteiger charge is 2.21. The zero-order valence-electron chi connectivity index (χ0n) is 13.6. The number of piperazine rings is 1. The summed E-state index contributed by atoms with van der Waals surface area (Å²) in [6.07, 6.45) is -0.495. The molecule has 1 aromatic heterocycles. The Balaban J connectivity index is 1.38. The molecule has 0 spiro atoms. The number of para-hydroxylation sites is 1. The van der Waals surface area contributed by atoms with Gasteiger partial charge in [0.15, 0.2) is 0 Å². The maximum absolute atomic E-state index is 13.8. The van der Waals surface area contributed by atoms with Gasteiger partial charge in [0.25, 0.3) is 0 Å². The Bertz CT molecular complexity index is 615. The van der Waals surface area contributed by atoms with Crippen molar-refractivity contribution < 1.29 is 14.2 Å². The van der Waals surface area contributed by atoms with Gasteiger partial charge in [0.1, 0.15) is 5.82 Å². The van der Waals surface area contributed by atoms with E-state index in [-0.39, 0.29) is 5.82 Å². The number of ether oxygens (including phenoxy) is 1. The summed E-state index contributed by atoms with van der Waals surface area (Å²) in [7, 11) is 0. The van der Waals surface area contributed by atoms with E-state index < -0.39 is 6.10 Å². The third-order valence-corrected chi connectivity index (χ3v) is 5.02. The zero-order chi connectivity index (χ0) is 16.8. The third-order valence-electron chi connectivity index (χ3n) is 4.17. The molecule has 6 heteroatoms. The van der Waals surface area contributed by atoms with Gasteiger partial charge in [-0.1, -0.05) is 18.2 Å². The highest BCUT2D eigenvalue weighted by atomic mass is 32.1. The van der Waals surface area contributed by atoms with Crippen molar-refractivity contribution in [2.45, 2.75) is 12.7 Å². The first-order chi connectivity index (χ1) is 11.7. The molecule has 1 saturated heterocycles. The first-order valence-electron chi connectivity index (χ1n) is 8.22. The second-order valence-electron chi connectivity index (χ2n) is 5.99. The van der Waals surface area contributed by atoms with E-state index in [0.29, 0.717) is 25.4 Å². The fourth-order valence-electron chi connectivity index (χ4n) is 2.92. The second-order valence-corrected chi connectivity index (χ2v) is 7.02.